The number of carbonyl (C=O) groups excluding carboxylic acids is 1. The smallest absolute Gasteiger partial charge is 0.317 e. The Morgan fingerprint density at radius 2 is 2.06 bits per heavy atom. The fraction of sp³-hybridized carbons (Fsp3) is 0.846. The van der Waals surface area contributed by atoms with Gasteiger partial charge in [0.15, 0.2) is 0 Å². The number of nitrogens with one attached hydrogen (secondary N) is 1. The number of aliphatic carboxylic acids is 1. The number of carboxylic acids is 1. The van der Waals surface area contributed by atoms with Gasteiger partial charge < -0.3 is 15.3 Å². The van der Waals surface area contributed by atoms with E-state index in [1.165, 1.54) is 12.8 Å². The lowest BCUT2D eigenvalue weighted by atomic mass is 10.1. The van der Waals surface area contributed by atoms with Crippen LogP contribution in [0, 0.1) is 11.3 Å². The first-order valence-electron chi connectivity index (χ1n) is 6.83. The molecule has 2 rings (SSSR count). The molecule has 5 nitrogen and oxygen atoms in total. The normalized spacial score (nSPS) is 20.3. The molecule has 2 amide bonds. The van der Waals surface area contributed by atoms with Crippen LogP contribution >= 0.6 is 0 Å². The number of carbonyl (C=O) groups is 2. The van der Waals surface area contributed by atoms with Crippen molar-refractivity contribution < 1.29 is 14.7 Å². The first-order chi connectivity index (χ1) is 8.57. The molecule has 0 radical (unpaired) electrons. The molecule has 2 aliphatic carbocycles. The Hall–Kier alpha value is -1.26. The maximum atomic E-state index is 12.0. The molecule has 0 atom stereocenters. The number of nitrogens with zero attached hydrogens (tertiary/aromatic N) is 1. The summed E-state index contributed by atoms with van der Waals surface area (Å²) in [6.07, 6.45) is 4.72. The SMILES string of the molecule is CCCN(CC1CC1)C(=O)NCC1(C(=O)O)CC1. The van der Waals surface area contributed by atoms with Gasteiger partial charge in [-0.15, -0.1) is 0 Å². The molecular weight excluding hydrogens is 232 g/mol. The molecule has 0 bridgehead atoms. The van der Waals surface area contributed by atoms with Crippen LogP contribution in [0.1, 0.15) is 39.0 Å². The lowest BCUT2D eigenvalue weighted by Gasteiger charge is -2.23. The molecule has 2 fully saturated rings. The first kappa shape index (κ1) is 13.2. The zero-order valence-electron chi connectivity index (χ0n) is 10.9. The van der Waals surface area contributed by atoms with Crippen molar-refractivity contribution in [3.63, 3.8) is 0 Å². The van der Waals surface area contributed by atoms with Crippen LogP contribution in [0.5, 0.6) is 0 Å². The van der Waals surface area contributed by atoms with Crippen molar-refractivity contribution in [2.45, 2.75) is 39.0 Å². The highest BCUT2D eigenvalue weighted by Gasteiger charge is 2.50. The lowest BCUT2D eigenvalue weighted by Crippen LogP contribution is -2.44. The van der Waals surface area contributed by atoms with E-state index in [1.807, 2.05) is 11.8 Å². The predicted octanol–water partition coefficient (Wildman–Crippen LogP) is 1.68. The van der Waals surface area contributed by atoms with Crippen LogP contribution in [-0.2, 0) is 4.79 Å². The van der Waals surface area contributed by atoms with Gasteiger partial charge in [0.05, 0.1) is 5.41 Å². The number of amides is 2. The zero-order valence-corrected chi connectivity index (χ0v) is 10.9. The van der Waals surface area contributed by atoms with Crippen LogP contribution in [0.4, 0.5) is 4.79 Å². The molecule has 18 heavy (non-hydrogen) atoms. The minimum absolute atomic E-state index is 0.101. The number of rotatable bonds is 7. The fourth-order valence-electron chi connectivity index (χ4n) is 2.13. The molecule has 0 aromatic rings. The molecule has 102 valence electrons. The number of urea groups is 1. The zero-order chi connectivity index (χ0) is 13.2. The van der Waals surface area contributed by atoms with E-state index in [0.29, 0.717) is 18.8 Å². The van der Waals surface area contributed by atoms with E-state index >= 15 is 0 Å². The Bertz CT molecular complexity index is 335. The van der Waals surface area contributed by atoms with Gasteiger partial charge in [-0.1, -0.05) is 6.92 Å². The summed E-state index contributed by atoms with van der Waals surface area (Å²) in [4.78, 5) is 24.9. The second-order valence-electron chi connectivity index (χ2n) is 5.63. The minimum atomic E-state index is -0.785. The molecule has 5 heteroatoms. The van der Waals surface area contributed by atoms with Gasteiger partial charge in [-0.2, -0.15) is 0 Å². The van der Waals surface area contributed by atoms with Crippen LogP contribution in [0.2, 0.25) is 0 Å². The lowest BCUT2D eigenvalue weighted by molar-refractivity contribution is -0.143. The van der Waals surface area contributed by atoms with Crippen LogP contribution in [0.25, 0.3) is 0 Å². The summed E-state index contributed by atoms with van der Waals surface area (Å²) < 4.78 is 0. The first-order valence-corrected chi connectivity index (χ1v) is 6.83. The number of carboxylic acid groups (broad SMARTS) is 1. The summed E-state index contributed by atoms with van der Waals surface area (Å²) in [5.41, 5.74) is -0.673. The van der Waals surface area contributed by atoms with Gasteiger partial charge in [0.25, 0.3) is 0 Å². The van der Waals surface area contributed by atoms with Crippen molar-refractivity contribution in [2.75, 3.05) is 19.6 Å². The average Bonchev–Trinajstić information content (AvgIpc) is 3.20. The number of hydrogen-bond acceptors (Lipinski definition) is 2. The third-order valence-corrected chi connectivity index (χ3v) is 3.84. The van der Waals surface area contributed by atoms with Crippen molar-refractivity contribution in [2.24, 2.45) is 11.3 Å². The standard InChI is InChI=1S/C13H22N2O3/c1-2-7-15(8-10-3-4-10)12(18)14-9-13(5-6-13)11(16)17/h10H,2-9H2,1H3,(H,14,18)(H,16,17). The van der Waals surface area contributed by atoms with Gasteiger partial charge in [-0.3, -0.25) is 4.79 Å². The summed E-state index contributed by atoms with van der Waals surface area (Å²) >= 11 is 0. The van der Waals surface area contributed by atoms with Crippen LogP contribution in [0.3, 0.4) is 0 Å². The molecule has 0 unspecified atom stereocenters. The van der Waals surface area contributed by atoms with Crippen LogP contribution in [0.15, 0.2) is 0 Å². The van der Waals surface area contributed by atoms with Gasteiger partial charge in [-0.05, 0) is 38.0 Å². The number of hydrogen-bond donors (Lipinski definition) is 2. The second-order valence-corrected chi connectivity index (χ2v) is 5.63. The van der Waals surface area contributed by atoms with Crippen LogP contribution in [-0.4, -0.2) is 41.6 Å². The Kier molecular flexibility index (Phi) is 3.78. The van der Waals surface area contributed by atoms with E-state index < -0.39 is 11.4 Å². The largest absolute Gasteiger partial charge is 0.481 e. The van der Waals surface area contributed by atoms with Crippen molar-refractivity contribution in [3.05, 3.63) is 0 Å². The molecule has 2 saturated carbocycles. The Labute approximate surface area is 108 Å². The topological polar surface area (TPSA) is 69.6 Å². The van der Waals surface area contributed by atoms with E-state index in [4.69, 9.17) is 5.11 Å². The minimum Gasteiger partial charge on any atom is -0.481 e. The van der Waals surface area contributed by atoms with Gasteiger partial charge >= 0.3 is 12.0 Å². The molecule has 0 spiro atoms. The van der Waals surface area contributed by atoms with Gasteiger partial charge in [0.2, 0.25) is 0 Å². The van der Waals surface area contributed by atoms with E-state index in [2.05, 4.69) is 5.32 Å². The van der Waals surface area contributed by atoms with Crippen molar-refractivity contribution in [3.8, 4) is 0 Å². The quantitative estimate of drug-likeness (QED) is 0.726. The Balaban J connectivity index is 1.79. The molecular formula is C13H22N2O3. The van der Waals surface area contributed by atoms with Gasteiger partial charge in [-0.25, -0.2) is 4.79 Å². The summed E-state index contributed by atoms with van der Waals surface area (Å²) in [6.45, 7) is 3.89. The monoisotopic (exact) mass is 254 g/mol. The molecule has 0 saturated heterocycles. The molecule has 0 aromatic heterocycles. The predicted molar refractivity (Wildman–Crippen MR) is 67.3 cm³/mol. The maximum Gasteiger partial charge on any atom is 0.317 e. The molecule has 0 aliphatic heterocycles. The van der Waals surface area contributed by atoms with E-state index in [0.717, 1.165) is 19.5 Å². The summed E-state index contributed by atoms with van der Waals surface area (Å²) in [5, 5.41) is 11.8. The third-order valence-electron chi connectivity index (χ3n) is 3.84. The Morgan fingerprint density at radius 3 is 2.50 bits per heavy atom. The molecule has 0 aromatic carbocycles. The van der Waals surface area contributed by atoms with E-state index in [-0.39, 0.29) is 12.6 Å². The van der Waals surface area contributed by atoms with Gasteiger partial charge in [0.1, 0.15) is 0 Å². The van der Waals surface area contributed by atoms with E-state index in [1.54, 1.807) is 0 Å². The average molecular weight is 254 g/mol. The van der Waals surface area contributed by atoms with Crippen molar-refractivity contribution in [1.82, 2.24) is 10.2 Å². The van der Waals surface area contributed by atoms with Crippen molar-refractivity contribution >= 4 is 12.0 Å². The van der Waals surface area contributed by atoms with Crippen molar-refractivity contribution in [1.29, 1.82) is 0 Å². The highest BCUT2D eigenvalue weighted by molar-refractivity contribution is 5.80. The highest BCUT2D eigenvalue weighted by atomic mass is 16.4. The molecule has 0 heterocycles. The summed E-state index contributed by atoms with van der Waals surface area (Å²) in [6, 6.07) is -0.101. The second kappa shape index (κ2) is 5.16. The fourth-order valence-corrected chi connectivity index (χ4v) is 2.13. The summed E-state index contributed by atoms with van der Waals surface area (Å²) in [5.74, 6) is -0.122. The maximum absolute atomic E-state index is 12.0. The van der Waals surface area contributed by atoms with Crippen LogP contribution < -0.4 is 5.32 Å². The molecule has 2 aliphatic rings. The third kappa shape index (κ3) is 3.15. The van der Waals surface area contributed by atoms with E-state index in [9.17, 15) is 9.59 Å². The molecule has 2 N–H and O–H groups in total. The summed E-state index contributed by atoms with van der Waals surface area (Å²) in [7, 11) is 0. The highest BCUT2D eigenvalue weighted by Crippen LogP contribution is 2.45. The van der Waals surface area contributed by atoms with Gasteiger partial charge in [0, 0.05) is 19.6 Å². The Morgan fingerprint density at radius 1 is 1.39 bits per heavy atom.